The first-order valence-electron chi connectivity index (χ1n) is 6.03. The maximum Gasteiger partial charge on any atom is 0.0756 e. The van der Waals surface area contributed by atoms with Crippen molar-refractivity contribution < 1.29 is 0 Å². The molecule has 0 aliphatic carbocycles. The van der Waals surface area contributed by atoms with Gasteiger partial charge in [-0.1, -0.05) is 41.9 Å². The predicted molar refractivity (Wildman–Crippen MR) is 72.6 cm³/mol. The Balaban J connectivity index is 2.22. The number of hydrogen-bond donors (Lipinski definition) is 1. The lowest BCUT2D eigenvalue weighted by atomic mass is 10.0. The predicted octanol–water partition coefficient (Wildman–Crippen LogP) is 2.36. The number of halogens is 1. The monoisotopic (exact) mass is 264 g/mol. The van der Waals surface area contributed by atoms with Gasteiger partial charge in [0.15, 0.2) is 0 Å². The van der Waals surface area contributed by atoms with E-state index in [1.807, 2.05) is 25.2 Å². The number of nitrogens with one attached hydrogen (secondary N) is 1. The van der Waals surface area contributed by atoms with Crippen molar-refractivity contribution in [2.24, 2.45) is 7.05 Å². The highest BCUT2D eigenvalue weighted by Gasteiger charge is 2.16. The summed E-state index contributed by atoms with van der Waals surface area (Å²) >= 11 is 6.20. The Bertz CT molecular complexity index is 509. The van der Waals surface area contributed by atoms with Crippen molar-refractivity contribution in [1.29, 1.82) is 0 Å². The second-order valence-electron chi connectivity index (χ2n) is 4.19. The van der Waals surface area contributed by atoms with E-state index in [1.165, 1.54) is 0 Å². The van der Waals surface area contributed by atoms with Crippen LogP contribution in [0.5, 0.6) is 0 Å². The second kappa shape index (κ2) is 5.98. The summed E-state index contributed by atoms with van der Waals surface area (Å²) in [6, 6.07) is 8.10. The Hall–Kier alpha value is -1.39. The van der Waals surface area contributed by atoms with Gasteiger partial charge in [0.25, 0.3) is 0 Å². The third-order valence-electron chi connectivity index (χ3n) is 2.94. The van der Waals surface area contributed by atoms with Crippen LogP contribution in [-0.2, 0) is 13.5 Å². The summed E-state index contributed by atoms with van der Waals surface area (Å²) in [5.74, 6) is 0. The van der Waals surface area contributed by atoms with Crippen LogP contribution in [0.4, 0.5) is 0 Å². The quantitative estimate of drug-likeness (QED) is 0.902. The van der Waals surface area contributed by atoms with Crippen molar-refractivity contribution >= 4 is 11.6 Å². The molecule has 2 rings (SSSR count). The summed E-state index contributed by atoms with van der Waals surface area (Å²) in [5.41, 5.74) is 2.20. The molecule has 1 aromatic carbocycles. The van der Waals surface area contributed by atoms with Crippen molar-refractivity contribution in [2.45, 2.75) is 19.4 Å². The summed E-state index contributed by atoms with van der Waals surface area (Å²) < 4.78 is 1.80. The van der Waals surface area contributed by atoms with E-state index >= 15 is 0 Å². The van der Waals surface area contributed by atoms with Gasteiger partial charge in [0.05, 0.1) is 17.9 Å². The Morgan fingerprint density at radius 2 is 2.17 bits per heavy atom. The summed E-state index contributed by atoms with van der Waals surface area (Å²) in [6.45, 7) is 2.98. The number of likely N-dealkylation sites (N-methyl/N-ethyl adjacent to an activating group) is 1. The lowest BCUT2D eigenvalue weighted by molar-refractivity contribution is 0.506. The molecule has 0 saturated carbocycles. The molecule has 0 fully saturated rings. The van der Waals surface area contributed by atoms with Gasteiger partial charge in [-0.2, -0.15) is 0 Å². The van der Waals surface area contributed by atoms with Crippen LogP contribution in [0.1, 0.15) is 24.2 Å². The minimum absolute atomic E-state index is 0.176. The third kappa shape index (κ3) is 2.89. The van der Waals surface area contributed by atoms with Crippen molar-refractivity contribution in [3.8, 4) is 0 Å². The van der Waals surface area contributed by atoms with Crippen LogP contribution >= 0.6 is 11.6 Å². The van der Waals surface area contributed by atoms with Gasteiger partial charge in [-0.3, -0.25) is 4.68 Å². The molecule has 0 aliphatic rings. The van der Waals surface area contributed by atoms with Gasteiger partial charge < -0.3 is 5.32 Å². The summed E-state index contributed by atoms with van der Waals surface area (Å²) in [4.78, 5) is 0. The van der Waals surface area contributed by atoms with E-state index < -0.39 is 0 Å². The Labute approximate surface area is 112 Å². The maximum atomic E-state index is 6.20. The molecule has 0 bridgehead atoms. The number of hydrogen-bond acceptors (Lipinski definition) is 3. The van der Waals surface area contributed by atoms with Gasteiger partial charge in [-0.05, 0) is 24.6 Å². The topological polar surface area (TPSA) is 42.7 Å². The molecule has 2 aromatic rings. The van der Waals surface area contributed by atoms with Gasteiger partial charge in [-0.15, -0.1) is 5.10 Å². The molecule has 0 radical (unpaired) electrons. The maximum absolute atomic E-state index is 6.20. The second-order valence-corrected chi connectivity index (χ2v) is 4.60. The molecule has 1 atom stereocenters. The molecular formula is C13H17ClN4. The zero-order chi connectivity index (χ0) is 13.0. The fraction of sp³-hybridized carbons (Fsp3) is 0.385. The van der Waals surface area contributed by atoms with Gasteiger partial charge in [0, 0.05) is 12.1 Å². The largest absolute Gasteiger partial charge is 0.309 e. The Morgan fingerprint density at radius 1 is 1.39 bits per heavy atom. The van der Waals surface area contributed by atoms with Gasteiger partial charge >= 0.3 is 0 Å². The van der Waals surface area contributed by atoms with Crippen LogP contribution in [0.3, 0.4) is 0 Å². The molecule has 18 heavy (non-hydrogen) atoms. The molecule has 1 unspecified atom stereocenters. The van der Waals surface area contributed by atoms with E-state index in [2.05, 4.69) is 28.6 Å². The minimum Gasteiger partial charge on any atom is -0.309 e. The fourth-order valence-corrected chi connectivity index (χ4v) is 2.24. The molecule has 5 heteroatoms. The first-order chi connectivity index (χ1) is 8.72. The fourth-order valence-electron chi connectivity index (χ4n) is 2.02. The van der Waals surface area contributed by atoms with Crippen molar-refractivity contribution in [3.63, 3.8) is 0 Å². The molecule has 1 heterocycles. The van der Waals surface area contributed by atoms with Crippen LogP contribution in [0.25, 0.3) is 0 Å². The highest BCUT2D eigenvalue weighted by atomic mass is 35.5. The number of nitrogens with zero attached hydrogens (tertiary/aromatic N) is 3. The molecular weight excluding hydrogens is 248 g/mol. The molecule has 0 spiro atoms. The molecule has 1 N–H and O–H groups in total. The summed E-state index contributed by atoms with van der Waals surface area (Å²) in [7, 11) is 1.90. The van der Waals surface area contributed by atoms with Gasteiger partial charge in [0.2, 0.25) is 0 Å². The SMILES string of the molecule is CCNC(Cc1ccccc1Cl)c1cnnn1C. The lowest BCUT2D eigenvalue weighted by Gasteiger charge is -2.18. The van der Waals surface area contributed by atoms with Crippen LogP contribution < -0.4 is 5.32 Å². The highest BCUT2D eigenvalue weighted by Crippen LogP contribution is 2.22. The molecule has 0 aliphatic heterocycles. The van der Waals surface area contributed by atoms with E-state index in [9.17, 15) is 0 Å². The standard InChI is InChI=1S/C13H17ClN4/c1-3-15-12(13-9-16-17-18(13)2)8-10-6-4-5-7-11(10)14/h4-7,9,12,15H,3,8H2,1-2H3. The first-order valence-corrected chi connectivity index (χ1v) is 6.41. The zero-order valence-corrected chi connectivity index (χ0v) is 11.4. The zero-order valence-electron chi connectivity index (χ0n) is 10.6. The molecule has 0 saturated heterocycles. The Kier molecular flexibility index (Phi) is 4.33. The van der Waals surface area contributed by atoms with Crippen molar-refractivity contribution in [3.05, 3.63) is 46.7 Å². The number of rotatable bonds is 5. The lowest BCUT2D eigenvalue weighted by Crippen LogP contribution is -2.25. The Morgan fingerprint density at radius 3 is 2.78 bits per heavy atom. The molecule has 0 amide bonds. The van der Waals surface area contributed by atoms with Gasteiger partial charge in [-0.25, -0.2) is 0 Å². The van der Waals surface area contributed by atoms with E-state index in [0.29, 0.717) is 0 Å². The summed E-state index contributed by atoms with van der Waals surface area (Å²) in [6.07, 6.45) is 2.62. The van der Waals surface area contributed by atoms with Crippen molar-refractivity contribution in [1.82, 2.24) is 20.3 Å². The van der Waals surface area contributed by atoms with Crippen LogP contribution in [-0.4, -0.2) is 21.5 Å². The van der Waals surface area contributed by atoms with Gasteiger partial charge in [0.1, 0.15) is 0 Å². The molecule has 96 valence electrons. The highest BCUT2D eigenvalue weighted by molar-refractivity contribution is 6.31. The number of benzene rings is 1. The summed E-state index contributed by atoms with van der Waals surface area (Å²) in [5, 5.41) is 12.1. The number of aromatic nitrogens is 3. The first kappa shape index (κ1) is 13.1. The van der Waals surface area contributed by atoms with E-state index in [0.717, 1.165) is 29.2 Å². The van der Waals surface area contributed by atoms with Crippen LogP contribution in [0, 0.1) is 0 Å². The van der Waals surface area contributed by atoms with E-state index in [4.69, 9.17) is 11.6 Å². The normalized spacial score (nSPS) is 12.6. The van der Waals surface area contributed by atoms with E-state index in [-0.39, 0.29) is 6.04 Å². The smallest absolute Gasteiger partial charge is 0.0756 e. The van der Waals surface area contributed by atoms with Crippen LogP contribution in [0.15, 0.2) is 30.5 Å². The molecule has 1 aromatic heterocycles. The molecule has 4 nitrogen and oxygen atoms in total. The average molecular weight is 265 g/mol. The average Bonchev–Trinajstić information content (AvgIpc) is 2.78. The van der Waals surface area contributed by atoms with Crippen molar-refractivity contribution in [2.75, 3.05) is 6.54 Å². The minimum atomic E-state index is 0.176. The third-order valence-corrected chi connectivity index (χ3v) is 3.31. The van der Waals surface area contributed by atoms with Crippen LogP contribution in [0.2, 0.25) is 5.02 Å². The van der Waals surface area contributed by atoms with E-state index in [1.54, 1.807) is 10.9 Å². The number of aryl methyl sites for hydroxylation is 1.